The van der Waals surface area contributed by atoms with Crippen LogP contribution in [0.2, 0.25) is 0 Å². The molecule has 0 unspecified atom stereocenters. The maximum absolute atomic E-state index is 12.4. The Kier molecular flexibility index (Phi) is 3.96. The summed E-state index contributed by atoms with van der Waals surface area (Å²) in [7, 11) is 0. The molecule has 1 aromatic carbocycles. The predicted octanol–water partition coefficient (Wildman–Crippen LogP) is 3.58. The molecule has 0 radical (unpaired) electrons. The summed E-state index contributed by atoms with van der Waals surface area (Å²) in [6.45, 7) is 0. The Bertz CT molecular complexity index is 991. The average molecular weight is 328 g/mol. The van der Waals surface area contributed by atoms with Crippen molar-refractivity contribution < 1.29 is 4.79 Å². The molecule has 0 spiro atoms. The van der Waals surface area contributed by atoms with Crippen molar-refractivity contribution in [2.24, 2.45) is 0 Å². The van der Waals surface area contributed by atoms with Crippen molar-refractivity contribution in [2.45, 2.75) is 6.42 Å². The van der Waals surface area contributed by atoms with E-state index in [1.54, 1.807) is 12.4 Å². The molecular weight excluding hydrogens is 312 g/mol. The van der Waals surface area contributed by atoms with Crippen molar-refractivity contribution >= 4 is 17.2 Å². The molecule has 0 aliphatic heterocycles. The van der Waals surface area contributed by atoms with Gasteiger partial charge >= 0.3 is 0 Å². The van der Waals surface area contributed by atoms with Gasteiger partial charge in [-0.05, 0) is 29.8 Å². The van der Waals surface area contributed by atoms with Crippen LogP contribution in [-0.2, 0) is 11.2 Å². The van der Waals surface area contributed by atoms with Crippen molar-refractivity contribution in [2.75, 3.05) is 5.32 Å². The number of nitrogens with zero attached hydrogens (tertiary/aromatic N) is 3. The smallest absolute Gasteiger partial charge is 0.228 e. The van der Waals surface area contributed by atoms with Gasteiger partial charge in [0.15, 0.2) is 0 Å². The van der Waals surface area contributed by atoms with E-state index in [9.17, 15) is 4.79 Å². The third-order valence-electron chi connectivity index (χ3n) is 3.93. The Labute approximate surface area is 145 Å². The van der Waals surface area contributed by atoms with Crippen LogP contribution in [0.5, 0.6) is 0 Å². The Morgan fingerprint density at radius 2 is 1.92 bits per heavy atom. The molecule has 4 rings (SSSR count). The van der Waals surface area contributed by atoms with E-state index >= 15 is 0 Å². The topological polar surface area (TPSA) is 59.3 Å². The lowest BCUT2D eigenvalue weighted by atomic mass is 10.1. The first-order valence-corrected chi connectivity index (χ1v) is 8.01. The van der Waals surface area contributed by atoms with Crippen LogP contribution in [0.1, 0.15) is 5.56 Å². The standard InChI is InChI=1S/C20H16N4O/c25-20(12-15-6-5-10-21-13-15)23-17-8-2-1-7-16(17)18-14-24-11-4-3-9-19(24)22-18/h1-11,13-14H,12H2,(H,23,25). The zero-order valence-corrected chi connectivity index (χ0v) is 13.5. The molecule has 0 saturated heterocycles. The molecule has 1 N–H and O–H groups in total. The SMILES string of the molecule is O=C(Cc1cccnc1)Nc1ccccc1-c1cn2ccccc2n1. The summed E-state index contributed by atoms with van der Waals surface area (Å²) in [5.74, 6) is -0.0794. The van der Waals surface area contributed by atoms with Gasteiger partial charge in [0.25, 0.3) is 0 Å². The van der Waals surface area contributed by atoms with Crippen molar-refractivity contribution in [1.29, 1.82) is 0 Å². The average Bonchev–Trinajstić information content (AvgIpc) is 3.07. The van der Waals surface area contributed by atoms with Gasteiger partial charge in [-0.2, -0.15) is 0 Å². The number of amides is 1. The van der Waals surface area contributed by atoms with Crippen LogP contribution in [0.3, 0.4) is 0 Å². The van der Waals surface area contributed by atoms with E-state index in [-0.39, 0.29) is 12.3 Å². The minimum Gasteiger partial charge on any atom is -0.325 e. The second kappa shape index (κ2) is 6.57. The zero-order chi connectivity index (χ0) is 17.1. The summed E-state index contributed by atoms with van der Waals surface area (Å²) >= 11 is 0. The third-order valence-corrected chi connectivity index (χ3v) is 3.93. The van der Waals surface area contributed by atoms with Crippen LogP contribution in [-0.4, -0.2) is 20.3 Å². The second-order valence-electron chi connectivity index (χ2n) is 5.72. The molecule has 3 aromatic heterocycles. The fourth-order valence-corrected chi connectivity index (χ4v) is 2.76. The van der Waals surface area contributed by atoms with Crippen LogP contribution in [0.25, 0.3) is 16.9 Å². The minimum absolute atomic E-state index is 0.0794. The largest absolute Gasteiger partial charge is 0.325 e. The first-order valence-electron chi connectivity index (χ1n) is 8.01. The number of pyridine rings is 2. The molecule has 0 saturated carbocycles. The number of aromatic nitrogens is 3. The van der Waals surface area contributed by atoms with Gasteiger partial charge in [0.2, 0.25) is 5.91 Å². The minimum atomic E-state index is -0.0794. The van der Waals surface area contributed by atoms with Crippen LogP contribution in [0.4, 0.5) is 5.69 Å². The number of anilines is 1. The van der Waals surface area contributed by atoms with Gasteiger partial charge in [-0.3, -0.25) is 9.78 Å². The van der Waals surface area contributed by atoms with Crippen molar-refractivity contribution in [1.82, 2.24) is 14.4 Å². The van der Waals surface area contributed by atoms with Crippen LogP contribution in [0.15, 0.2) is 79.4 Å². The number of carbonyl (C=O) groups is 1. The van der Waals surface area contributed by atoms with E-state index in [2.05, 4.69) is 15.3 Å². The van der Waals surface area contributed by atoms with Gasteiger partial charge in [-0.25, -0.2) is 4.98 Å². The van der Waals surface area contributed by atoms with Gasteiger partial charge in [0.1, 0.15) is 5.65 Å². The second-order valence-corrected chi connectivity index (χ2v) is 5.72. The highest BCUT2D eigenvalue weighted by Crippen LogP contribution is 2.27. The number of hydrogen-bond donors (Lipinski definition) is 1. The molecule has 5 nitrogen and oxygen atoms in total. The summed E-state index contributed by atoms with van der Waals surface area (Å²) < 4.78 is 1.96. The normalized spacial score (nSPS) is 10.7. The first kappa shape index (κ1) is 15.1. The molecule has 0 bridgehead atoms. The molecule has 5 heteroatoms. The highest BCUT2D eigenvalue weighted by atomic mass is 16.1. The van der Waals surface area contributed by atoms with Gasteiger partial charge in [0.05, 0.1) is 17.8 Å². The maximum atomic E-state index is 12.4. The monoisotopic (exact) mass is 328 g/mol. The summed E-state index contributed by atoms with van der Waals surface area (Å²) in [5, 5.41) is 2.99. The lowest BCUT2D eigenvalue weighted by Crippen LogP contribution is -2.15. The molecule has 0 atom stereocenters. The molecule has 3 heterocycles. The van der Waals surface area contributed by atoms with Gasteiger partial charge in [-0.1, -0.05) is 30.3 Å². The Hall–Kier alpha value is -3.47. The number of fused-ring (bicyclic) bond motifs is 1. The molecule has 25 heavy (non-hydrogen) atoms. The van der Waals surface area contributed by atoms with E-state index < -0.39 is 0 Å². The Morgan fingerprint density at radius 1 is 1.04 bits per heavy atom. The molecular formula is C20H16N4O. The number of para-hydroxylation sites is 1. The van der Waals surface area contributed by atoms with Crippen molar-refractivity contribution in [3.05, 3.63) is 84.9 Å². The van der Waals surface area contributed by atoms with E-state index in [0.29, 0.717) is 0 Å². The van der Waals surface area contributed by atoms with Crippen LogP contribution in [0, 0.1) is 0 Å². The quantitative estimate of drug-likeness (QED) is 0.623. The third kappa shape index (κ3) is 3.26. The maximum Gasteiger partial charge on any atom is 0.228 e. The van der Waals surface area contributed by atoms with Gasteiger partial charge in [0, 0.05) is 30.4 Å². The van der Waals surface area contributed by atoms with Crippen molar-refractivity contribution in [3.8, 4) is 11.3 Å². The van der Waals surface area contributed by atoms with E-state index in [0.717, 1.165) is 28.2 Å². The number of imidazole rings is 1. The number of nitrogens with one attached hydrogen (secondary N) is 1. The lowest BCUT2D eigenvalue weighted by Gasteiger charge is -2.09. The Morgan fingerprint density at radius 3 is 2.76 bits per heavy atom. The first-order chi connectivity index (χ1) is 12.3. The fraction of sp³-hybridized carbons (Fsp3) is 0.0500. The molecule has 0 aliphatic carbocycles. The molecule has 4 aromatic rings. The summed E-state index contributed by atoms with van der Waals surface area (Å²) in [6, 6.07) is 17.3. The number of benzene rings is 1. The Balaban J connectivity index is 1.61. The molecule has 0 aliphatic rings. The molecule has 0 fully saturated rings. The lowest BCUT2D eigenvalue weighted by molar-refractivity contribution is -0.115. The van der Waals surface area contributed by atoms with Crippen LogP contribution >= 0.6 is 0 Å². The van der Waals surface area contributed by atoms with E-state index in [1.807, 2.05) is 71.4 Å². The number of rotatable bonds is 4. The fourth-order valence-electron chi connectivity index (χ4n) is 2.76. The predicted molar refractivity (Wildman–Crippen MR) is 97.2 cm³/mol. The number of hydrogen-bond acceptors (Lipinski definition) is 3. The van der Waals surface area contributed by atoms with Crippen molar-refractivity contribution in [3.63, 3.8) is 0 Å². The van der Waals surface area contributed by atoms with Crippen LogP contribution < -0.4 is 5.32 Å². The highest BCUT2D eigenvalue weighted by Gasteiger charge is 2.11. The van der Waals surface area contributed by atoms with Gasteiger partial charge < -0.3 is 9.72 Å². The van der Waals surface area contributed by atoms with E-state index in [1.165, 1.54) is 0 Å². The zero-order valence-electron chi connectivity index (χ0n) is 13.5. The summed E-state index contributed by atoms with van der Waals surface area (Å²) in [4.78, 5) is 21.1. The van der Waals surface area contributed by atoms with Gasteiger partial charge in [-0.15, -0.1) is 0 Å². The highest BCUT2D eigenvalue weighted by molar-refractivity contribution is 5.96. The number of carbonyl (C=O) groups excluding carboxylic acids is 1. The summed E-state index contributed by atoms with van der Waals surface area (Å²) in [5.41, 5.74) is 4.22. The summed E-state index contributed by atoms with van der Waals surface area (Å²) in [6.07, 6.45) is 7.60. The molecule has 122 valence electrons. The van der Waals surface area contributed by atoms with E-state index in [4.69, 9.17) is 0 Å². The molecule has 1 amide bonds.